The van der Waals surface area contributed by atoms with E-state index in [-0.39, 0.29) is 41.3 Å². The second kappa shape index (κ2) is 20.9. The Balaban J connectivity index is 0.000000168. The van der Waals surface area contributed by atoms with Crippen molar-refractivity contribution in [2.24, 2.45) is 9.98 Å². The molecule has 0 amide bonds. The van der Waals surface area contributed by atoms with Gasteiger partial charge < -0.3 is 9.47 Å². The van der Waals surface area contributed by atoms with Gasteiger partial charge in [-0.3, -0.25) is 43.2 Å². The number of pyridine rings is 2. The number of halogens is 2. The number of aryl methyl sites for hydroxylation is 4. The molecule has 0 fully saturated rings. The van der Waals surface area contributed by atoms with E-state index in [0.717, 1.165) is 22.8 Å². The molecule has 0 spiro atoms. The van der Waals surface area contributed by atoms with Crippen molar-refractivity contribution in [1.82, 2.24) is 29.1 Å². The first kappa shape index (κ1) is 48.4. The summed E-state index contributed by atoms with van der Waals surface area (Å²) >= 11 is 0. The van der Waals surface area contributed by atoms with E-state index >= 15 is 0 Å². The van der Waals surface area contributed by atoms with Gasteiger partial charge in [0.15, 0.2) is 0 Å². The van der Waals surface area contributed by atoms with Gasteiger partial charge >= 0.3 is 11.9 Å². The lowest BCUT2D eigenvalue weighted by Gasteiger charge is -2.15. The van der Waals surface area contributed by atoms with Gasteiger partial charge in [0.25, 0.3) is 10.1 Å². The maximum absolute atomic E-state index is 14.6. The predicted octanol–water partition coefficient (Wildman–Crippen LogP) is 8.67. The minimum atomic E-state index is -4.00. The summed E-state index contributed by atoms with van der Waals surface area (Å²) in [5.41, 5.74) is 8.25. The summed E-state index contributed by atoms with van der Waals surface area (Å²) < 4.78 is 71.9. The molecule has 9 rings (SSSR count). The minimum Gasteiger partial charge on any atom is -0.469 e. The number of nitrogens with zero attached hydrogens (tertiary/aromatic N) is 8. The Hall–Kier alpha value is -7.57. The van der Waals surface area contributed by atoms with E-state index in [4.69, 9.17) is 24.0 Å². The van der Waals surface area contributed by atoms with E-state index in [9.17, 15) is 26.8 Å². The Kier molecular flexibility index (Phi) is 14.9. The van der Waals surface area contributed by atoms with Crippen LogP contribution in [0.3, 0.4) is 0 Å². The number of ether oxygens (including phenoxy) is 2. The third kappa shape index (κ3) is 10.7. The number of carbonyl (C=O) groups is 2. The topological polar surface area (TPSA) is 193 Å². The Morgan fingerprint density at radius 3 is 1.38 bits per heavy atom. The fourth-order valence-electron chi connectivity index (χ4n) is 7.76. The van der Waals surface area contributed by atoms with Gasteiger partial charge in [-0.15, -0.1) is 0 Å². The fourth-order valence-corrected chi connectivity index (χ4v) is 8.26. The number of esters is 2. The molecule has 2 aliphatic heterocycles. The molecular formula is C50H48F2N8O7S. The number of hydrogen-bond donors (Lipinski definition) is 1. The highest BCUT2D eigenvalue weighted by atomic mass is 32.2. The summed E-state index contributed by atoms with van der Waals surface area (Å²) in [6.45, 7) is 7.36. The van der Waals surface area contributed by atoms with Gasteiger partial charge in [-0.25, -0.2) is 18.7 Å². The molecule has 15 nitrogen and oxygen atoms in total. The zero-order chi connectivity index (χ0) is 48.7. The van der Waals surface area contributed by atoms with E-state index in [1.165, 1.54) is 38.5 Å². The fraction of sp³-hybridized carbons (Fsp3) is 0.240. The Morgan fingerprint density at radius 1 is 0.618 bits per heavy atom. The van der Waals surface area contributed by atoms with Crippen LogP contribution in [0.5, 0.6) is 0 Å². The molecule has 0 saturated heterocycles. The lowest BCUT2D eigenvalue weighted by molar-refractivity contribution is -0.141. The second-order valence-electron chi connectivity index (χ2n) is 15.9. The molecule has 6 heterocycles. The van der Waals surface area contributed by atoms with Gasteiger partial charge in [-0.2, -0.15) is 8.42 Å². The second-order valence-corrected chi connectivity index (χ2v) is 17.3. The molecular weight excluding hydrogens is 895 g/mol. The Morgan fingerprint density at radius 2 is 1.03 bits per heavy atom. The smallest absolute Gasteiger partial charge is 0.305 e. The molecule has 3 aromatic carbocycles. The Labute approximate surface area is 392 Å². The average molecular weight is 943 g/mol. The number of aromatic nitrogens is 6. The zero-order valence-electron chi connectivity index (χ0n) is 38.1. The van der Waals surface area contributed by atoms with E-state index in [2.05, 4.69) is 19.9 Å². The van der Waals surface area contributed by atoms with Gasteiger partial charge in [0.05, 0.1) is 53.3 Å². The van der Waals surface area contributed by atoms with E-state index in [1.54, 1.807) is 56.8 Å². The highest BCUT2D eigenvalue weighted by Crippen LogP contribution is 2.36. The third-order valence-corrected chi connectivity index (χ3v) is 12.1. The number of fused-ring (bicyclic) bond motifs is 6. The highest BCUT2D eigenvalue weighted by molar-refractivity contribution is 7.85. The zero-order valence-corrected chi connectivity index (χ0v) is 38.9. The van der Waals surface area contributed by atoms with Gasteiger partial charge in [-0.05, 0) is 112 Å². The van der Waals surface area contributed by atoms with Crippen LogP contribution in [0.2, 0.25) is 0 Å². The third-order valence-electron chi connectivity index (χ3n) is 11.2. The van der Waals surface area contributed by atoms with Crippen molar-refractivity contribution in [2.75, 3.05) is 14.2 Å². The van der Waals surface area contributed by atoms with Crippen molar-refractivity contribution in [3.05, 3.63) is 184 Å². The summed E-state index contributed by atoms with van der Waals surface area (Å²) in [6.07, 6.45) is 8.16. The van der Waals surface area contributed by atoms with Crippen LogP contribution in [0.25, 0.3) is 11.4 Å². The molecule has 2 atom stereocenters. The van der Waals surface area contributed by atoms with Gasteiger partial charge in [0, 0.05) is 60.1 Å². The van der Waals surface area contributed by atoms with Gasteiger partial charge in [0.1, 0.15) is 35.4 Å². The first-order valence-electron chi connectivity index (χ1n) is 21.4. The molecule has 7 aromatic rings. The highest BCUT2D eigenvalue weighted by Gasteiger charge is 2.31. The van der Waals surface area contributed by atoms with Crippen molar-refractivity contribution in [1.29, 1.82) is 0 Å². The predicted molar refractivity (Wildman–Crippen MR) is 250 cm³/mol. The van der Waals surface area contributed by atoms with E-state index in [1.807, 2.05) is 71.5 Å². The molecule has 0 radical (unpaired) electrons. The summed E-state index contributed by atoms with van der Waals surface area (Å²) in [5.74, 6) is 0.199. The summed E-state index contributed by atoms with van der Waals surface area (Å²) in [6, 6.07) is 24.3. The maximum Gasteiger partial charge on any atom is 0.305 e. The number of rotatable bonds is 9. The number of imidazole rings is 2. The first-order valence-corrected chi connectivity index (χ1v) is 22.9. The normalized spacial score (nSPS) is 14.6. The monoisotopic (exact) mass is 942 g/mol. The molecule has 4 aromatic heterocycles. The van der Waals surface area contributed by atoms with Crippen molar-refractivity contribution in [3.8, 4) is 11.4 Å². The molecule has 350 valence electrons. The SMILES string of the molecule is COC(=O)CC[C@@H]1N=C(c2ccccn2)c2cc(F)c(C)cc2-n2c(C)cnc21.COC(=O)CC[C@@H]1N=C(c2ccccn2)c2cc(F)c(C)cc2-n2c(C)cnc21.O=S(=O)(O)c1ccccc1. The number of benzene rings is 3. The summed E-state index contributed by atoms with van der Waals surface area (Å²) in [7, 11) is -1.27. The molecule has 0 bridgehead atoms. The minimum absolute atomic E-state index is 0.0741. The van der Waals surface area contributed by atoms with E-state index in [0.29, 0.717) is 69.6 Å². The van der Waals surface area contributed by atoms with Crippen LogP contribution in [0.1, 0.15) is 94.4 Å². The van der Waals surface area contributed by atoms with Crippen molar-refractivity contribution < 1.29 is 40.8 Å². The molecule has 1 N–H and O–H groups in total. The van der Waals surface area contributed by atoms with Crippen LogP contribution in [0.15, 0.2) is 131 Å². The van der Waals surface area contributed by atoms with E-state index < -0.39 is 22.2 Å². The lowest BCUT2D eigenvalue weighted by atomic mass is 10.0. The lowest BCUT2D eigenvalue weighted by Crippen LogP contribution is -2.10. The number of hydrogen-bond acceptors (Lipinski definition) is 12. The van der Waals surface area contributed by atoms with Crippen LogP contribution < -0.4 is 0 Å². The van der Waals surface area contributed by atoms with Crippen LogP contribution in [-0.2, 0) is 29.2 Å². The number of methoxy groups -OCH3 is 2. The van der Waals surface area contributed by atoms with Crippen molar-refractivity contribution >= 4 is 33.5 Å². The molecule has 2 aliphatic rings. The summed E-state index contributed by atoms with van der Waals surface area (Å²) in [5, 5.41) is 0. The molecule has 0 unspecified atom stereocenters. The standard InChI is InChI=1S/2C22H21FN4O2.C6H6O3S/c2*1-13-10-19-15(11-16(13)23)21(17-6-4-5-9-24-17)26-18(7-8-20(28)29-3)22-25-12-14(2)27(19)22;7-10(8,9)6-4-2-1-3-5-6/h2*4-6,9-12,18H,7-8H2,1-3H3;1-5H,(H,7,8,9)/t2*18-;/m00./s1. The van der Waals surface area contributed by atoms with Crippen LogP contribution in [-0.4, -0.2) is 79.6 Å². The number of carbonyl (C=O) groups excluding carboxylic acids is 2. The average Bonchev–Trinajstić information content (AvgIpc) is 3.85. The molecule has 68 heavy (non-hydrogen) atoms. The van der Waals surface area contributed by atoms with Gasteiger partial charge in [0.2, 0.25) is 0 Å². The van der Waals surface area contributed by atoms with Crippen molar-refractivity contribution in [3.63, 3.8) is 0 Å². The number of aliphatic imine (C=N–C) groups is 2. The molecule has 0 aliphatic carbocycles. The van der Waals surface area contributed by atoms with Crippen molar-refractivity contribution in [2.45, 2.75) is 70.4 Å². The quantitative estimate of drug-likeness (QED) is 0.108. The molecule has 18 heteroatoms. The van der Waals surface area contributed by atoms with Crippen LogP contribution >= 0.6 is 0 Å². The maximum atomic E-state index is 14.6. The van der Waals surface area contributed by atoms with Crippen LogP contribution in [0, 0.1) is 39.3 Å². The molecule has 0 saturated carbocycles. The van der Waals surface area contributed by atoms with Gasteiger partial charge in [-0.1, -0.05) is 30.3 Å². The largest absolute Gasteiger partial charge is 0.469 e. The first-order chi connectivity index (χ1) is 32.6. The Bertz CT molecular complexity index is 2960. The van der Waals surface area contributed by atoms with Crippen LogP contribution in [0.4, 0.5) is 8.78 Å². The summed E-state index contributed by atoms with van der Waals surface area (Å²) in [4.78, 5) is 51.3.